The molecule has 20 heavy (non-hydrogen) atoms. The minimum atomic E-state index is -0.246. The second-order valence-corrected chi connectivity index (χ2v) is 4.47. The lowest BCUT2D eigenvalue weighted by atomic mass is 10.1. The highest BCUT2D eigenvalue weighted by Gasteiger charge is 2.11. The van der Waals surface area contributed by atoms with E-state index in [1.54, 1.807) is 43.3 Å². The summed E-state index contributed by atoms with van der Waals surface area (Å²) < 4.78 is 18.3. The van der Waals surface area contributed by atoms with Gasteiger partial charge in [0.1, 0.15) is 11.6 Å². The molecular formula is C16H16FNO2. The van der Waals surface area contributed by atoms with E-state index in [1.165, 1.54) is 13.2 Å². The van der Waals surface area contributed by atoms with Crippen molar-refractivity contribution in [2.75, 3.05) is 7.11 Å². The average Bonchev–Trinajstić information content (AvgIpc) is 2.48. The van der Waals surface area contributed by atoms with Gasteiger partial charge in [0.05, 0.1) is 12.7 Å². The molecule has 0 saturated carbocycles. The van der Waals surface area contributed by atoms with Crippen LogP contribution in [0.2, 0.25) is 0 Å². The molecule has 0 bridgehead atoms. The molecule has 0 unspecified atom stereocenters. The first-order chi connectivity index (χ1) is 9.61. The van der Waals surface area contributed by atoms with Gasteiger partial charge in [-0.05, 0) is 36.2 Å². The molecule has 0 aliphatic rings. The van der Waals surface area contributed by atoms with Crippen molar-refractivity contribution in [3.8, 4) is 5.75 Å². The van der Waals surface area contributed by atoms with Gasteiger partial charge >= 0.3 is 0 Å². The maximum Gasteiger partial charge on any atom is 0.255 e. The smallest absolute Gasteiger partial charge is 0.255 e. The molecule has 1 N–H and O–H groups in total. The first kappa shape index (κ1) is 14.1. The predicted molar refractivity (Wildman–Crippen MR) is 75.3 cm³/mol. The van der Waals surface area contributed by atoms with E-state index in [0.717, 1.165) is 5.56 Å². The van der Waals surface area contributed by atoms with Crippen LogP contribution in [0.25, 0.3) is 0 Å². The minimum absolute atomic E-state index is 0.218. The van der Waals surface area contributed by atoms with E-state index in [9.17, 15) is 9.18 Å². The number of methoxy groups -OCH3 is 1. The molecule has 0 saturated heterocycles. The van der Waals surface area contributed by atoms with Crippen molar-refractivity contribution in [1.29, 1.82) is 0 Å². The molecule has 1 amide bonds. The molecule has 0 heterocycles. The SMILES string of the molecule is COc1ccccc1C(=O)NCc1ccc(F)c(C)c1. The fourth-order valence-corrected chi connectivity index (χ4v) is 1.93. The number of carbonyl (C=O) groups excluding carboxylic acids is 1. The monoisotopic (exact) mass is 273 g/mol. The van der Waals surface area contributed by atoms with Gasteiger partial charge in [-0.25, -0.2) is 4.39 Å². The normalized spacial score (nSPS) is 10.2. The molecular weight excluding hydrogens is 257 g/mol. The van der Waals surface area contributed by atoms with Crippen molar-refractivity contribution < 1.29 is 13.9 Å². The molecule has 3 nitrogen and oxygen atoms in total. The van der Waals surface area contributed by atoms with Gasteiger partial charge in [0.15, 0.2) is 0 Å². The van der Waals surface area contributed by atoms with Crippen LogP contribution in [-0.4, -0.2) is 13.0 Å². The molecule has 2 aromatic carbocycles. The van der Waals surface area contributed by atoms with Crippen LogP contribution >= 0.6 is 0 Å². The fraction of sp³-hybridized carbons (Fsp3) is 0.188. The van der Waals surface area contributed by atoms with Crippen molar-refractivity contribution in [3.63, 3.8) is 0 Å². The Balaban J connectivity index is 2.06. The van der Waals surface area contributed by atoms with Crippen molar-refractivity contribution in [2.24, 2.45) is 0 Å². The fourth-order valence-electron chi connectivity index (χ4n) is 1.93. The van der Waals surface area contributed by atoms with Crippen molar-refractivity contribution in [1.82, 2.24) is 5.32 Å². The second kappa shape index (κ2) is 6.19. The Morgan fingerprint density at radius 2 is 2.00 bits per heavy atom. The molecule has 4 heteroatoms. The lowest BCUT2D eigenvalue weighted by molar-refractivity contribution is 0.0948. The van der Waals surface area contributed by atoms with Crippen molar-refractivity contribution >= 4 is 5.91 Å². The third-order valence-electron chi connectivity index (χ3n) is 3.03. The Labute approximate surface area is 117 Å². The molecule has 0 aliphatic carbocycles. The van der Waals surface area contributed by atoms with Gasteiger partial charge in [-0.2, -0.15) is 0 Å². The van der Waals surface area contributed by atoms with E-state index >= 15 is 0 Å². The number of hydrogen-bond acceptors (Lipinski definition) is 2. The van der Waals surface area contributed by atoms with E-state index in [1.807, 2.05) is 0 Å². The molecule has 2 aromatic rings. The van der Waals surface area contributed by atoms with Crippen LogP contribution in [0.15, 0.2) is 42.5 Å². The average molecular weight is 273 g/mol. The van der Waals surface area contributed by atoms with Crippen LogP contribution in [0, 0.1) is 12.7 Å². The summed E-state index contributed by atoms with van der Waals surface area (Å²) in [7, 11) is 1.52. The van der Waals surface area contributed by atoms with Crippen LogP contribution in [0.5, 0.6) is 5.75 Å². The number of benzene rings is 2. The second-order valence-electron chi connectivity index (χ2n) is 4.47. The molecule has 0 fully saturated rings. The summed E-state index contributed by atoms with van der Waals surface area (Å²) in [6.07, 6.45) is 0. The Morgan fingerprint density at radius 1 is 1.25 bits per heavy atom. The van der Waals surface area contributed by atoms with Crippen molar-refractivity contribution in [3.05, 3.63) is 65.0 Å². The quantitative estimate of drug-likeness (QED) is 0.929. The van der Waals surface area contributed by atoms with Crippen LogP contribution in [0.4, 0.5) is 4.39 Å². The standard InChI is InChI=1S/C16H16FNO2/c1-11-9-12(7-8-14(11)17)10-18-16(19)13-5-3-4-6-15(13)20-2/h3-9H,10H2,1-2H3,(H,18,19). The third kappa shape index (κ3) is 3.15. The Kier molecular flexibility index (Phi) is 4.35. The molecule has 104 valence electrons. The predicted octanol–water partition coefficient (Wildman–Crippen LogP) is 3.07. The lowest BCUT2D eigenvalue weighted by Gasteiger charge is -2.09. The van der Waals surface area contributed by atoms with Gasteiger partial charge in [-0.3, -0.25) is 4.79 Å². The number of rotatable bonds is 4. The summed E-state index contributed by atoms with van der Waals surface area (Å²) in [5.74, 6) is 0.0644. The van der Waals surface area contributed by atoms with Crippen LogP contribution in [0.3, 0.4) is 0 Å². The highest BCUT2D eigenvalue weighted by molar-refractivity contribution is 5.96. The highest BCUT2D eigenvalue weighted by Crippen LogP contribution is 2.17. The Morgan fingerprint density at radius 3 is 2.70 bits per heavy atom. The maximum absolute atomic E-state index is 13.2. The number of carbonyl (C=O) groups is 1. The Hall–Kier alpha value is -2.36. The molecule has 0 aromatic heterocycles. The molecule has 0 atom stereocenters. The number of hydrogen-bond donors (Lipinski definition) is 1. The summed E-state index contributed by atoms with van der Waals surface area (Å²) in [6, 6.07) is 11.8. The van der Waals surface area contributed by atoms with Gasteiger partial charge in [0.2, 0.25) is 0 Å². The summed E-state index contributed by atoms with van der Waals surface area (Å²) in [6.45, 7) is 2.04. The first-order valence-corrected chi connectivity index (χ1v) is 6.28. The lowest BCUT2D eigenvalue weighted by Crippen LogP contribution is -2.23. The van der Waals surface area contributed by atoms with Gasteiger partial charge in [0.25, 0.3) is 5.91 Å². The zero-order valence-electron chi connectivity index (χ0n) is 11.4. The number of amides is 1. The van der Waals surface area contributed by atoms with Crippen LogP contribution < -0.4 is 10.1 Å². The van der Waals surface area contributed by atoms with Gasteiger partial charge < -0.3 is 10.1 Å². The maximum atomic E-state index is 13.2. The van der Waals surface area contributed by atoms with E-state index < -0.39 is 0 Å². The number of nitrogens with one attached hydrogen (secondary N) is 1. The topological polar surface area (TPSA) is 38.3 Å². The van der Waals surface area contributed by atoms with Crippen molar-refractivity contribution in [2.45, 2.75) is 13.5 Å². The van der Waals surface area contributed by atoms with Gasteiger partial charge in [-0.1, -0.05) is 24.3 Å². The minimum Gasteiger partial charge on any atom is -0.496 e. The zero-order valence-corrected chi connectivity index (χ0v) is 11.4. The van der Waals surface area contributed by atoms with E-state index in [-0.39, 0.29) is 11.7 Å². The Bertz CT molecular complexity index is 626. The molecule has 0 radical (unpaired) electrons. The van der Waals surface area contributed by atoms with E-state index in [2.05, 4.69) is 5.32 Å². The van der Waals surface area contributed by atoms with Crippen LogP contribution in [-0.2, 0) is 6.54 Å². The molecule has 2 rings (SSSR count). The summed E-state index contributed by atoms with van der Waals surface area (Å²) in [5.41, 5.74) is 1.90. The number of para-hydroxylation sites is 1. The zero-order chi connectivity index (χ0) is 14.5. The summed E-state index contributed by atoms with van der Waals surface area (Å²) in [4.78, 5) is 12.1. The van der Waals surface area contributed by atoms with E-state index in [4.69, 9.17) is 4.74 Å². The third-order valence-corrected chi connectivity index (χ3v) is 3.03. The van der Waals surface area contributed by atoms with Crippen LogP contribution in [0.1, 0.15) is 21.5 Å². The molecule has 0 aliphatic heterocycles. The summed E-state index contributed by atoms with van der Waals surface area (Å²) >= 11 is 0. The first-order valence-electron chi connectivity index (χ1n) is 6.28. The largest absolute Gasteiger partial charge is 0.496 e. The van der Waals surface area contributed by atoms with Gasteiger partial charge in [-0.15, -0.1) is 0 Å². The van der Waals surface area contributed by atoms with E-state index in [0.29, 0.717) is 23.4 Å². The number of halogens is 1. The molecule has 0 spiro atoms. The highest BCUT2D eigenvalue weighted by atomic mass is 19.1. The number of aryl methyl sites for hydroxylation is 1. The summed E-state index contributed by atoms with van der Waals surface area (Å²) in [5, 5.41) is 2.80. The van der Waals surface area contributed by atoms with Gasteiger partial charge in [0, 0.05) is 6.54 Å². The number of ether oxygens (including phenoxy) is 1.